The van der Waals surface area contributed by atoms with Crippen LogP contribution in [0.1, 0.15) is 22.8 Å². The Labute approximate surface area is 99.0 Å². The van der Waals surface area contributed by atoms with E-state index in [1.54, 1.807) is 31.2 Å². The van der Waals surface area contributed by atoms with E-state index in [0.29, 0.717) is 17.4 Å². The zero-order valence-electron chi connectivity index (χ0n) is 9.67. The van der Waals surface area contributed by atoms with E-state index in [9.17, 15) is 9.59 Å². The summed E-state index contributed by atoms with van der Waals surface area (Å²) < 4.78 is 4.84. The fraction of sp³-hybridized carbons (Fsp3) is 0.250. The number of ether oxygens (including phenoxy) is 1. The molecule has 0 amide bonds. The van der Waals surface area contributed by atoms with Crippen LogP contribution in [0.15, 0.2) is 29.4 Å². The van der Waals surface area contributed by atoms with Gasteiger partial charge in [-0.25, -0.2) is 4.79 Å². The summed E-state index contributed by atoms with van der Waals surface area (Å²) in [6.07, 6.45) is 0.653. The third-order valence-corrected chi connectivity index (χ3v) is 1.99. The number of carbonyl (C=O) groups excluding carboxylic acids is 2. The molecule has 5 nitrogen and oxygen atoms in total. The zero-order chi connectivity index (χ0) is 12.7. The second-order valence-electron chi connectivity index (χ2n) is 3.05. The summed E-state index contributed by atoms with van der Waals surface area (Å²) in [5, 5.41) is 3.60. The lowest BCUT2D eigenvalue weighted by molar-refractivity contribution is -0.135. The third-order valence-electron chi connectivity index (χ3n) is 1.99. The highest BCUT2D eigenvalue weighted by Crippen LogP contribution is 2.09. The number of carbonyl (C=O) groups is 2. The lowest BCUT2D eigenvalue weighted by atomic mass is 10.0. The molecular formula is C12H13NO4. The van der Waals surface area contributed by atoms with E-state index in [4.69, 9.17) is 4.74 Å². The van der Waals surface area contributed by atoms with Crippen molar-refractivity contribution in [2.75, 3.05) is 13.7 Å². The molecule has 1 rings (SSSR count). The molecule has 0 radical (unpaired) electrons. The fourth-order valence-corrected chi connectivity index (χ4v) is 1.30. The predicted molar refractivity (Wildman–Crippen MR) is 62.0 cm³/mol. The van der Waals surface area contributed by atoms with E-state index in [1.165, 1.54) is 7.11 Å². The van der Waals surface area contributed by atoms with E-state index in [2.05, 4.69) is 9.99 Å². The minimum Gasteiger partial charge on any atom is -0.461 e. The van der Waals surface area contributed by atoms with Crippen molar-refractivity contribution in [2.45, 2.75) is 6.92 Å². The Morgan fingerprint density at radius 2 is 2.12 bits per heavy atom. The predicted octanol–water partition coefficient (Wildman–Crippen LogP) is 1.41. The molecule has 0 unspecified atom stereocenters. The highest BCUT2D eigenvalue weighted by atomic mass is 16.6. The molecular weight excluding hydrogens is 222 g/mol. The summed E-state index contributed by atoms with van der Waals surface area (Å²) in [4.78, 5) is 27.1. The number of aldehydes is 1. The standard InChI is InChI=1S/C12H13NO4/c1-3-17-12(15)11(13-16-2)10-7-5-4-6-9(10)8-14/h4-8H,3H2,1-2H3/b13-11-. The Morgan fingerprint density at radius 1 is 1.41 bits per heavy atom. The first-order valence-corrected chi connectivity index (χ1v) is 5.07. The van der Waals surface area contributed by atoms with Gasteiger partial charge in [0.25, 0.3) is 0 Å². The van der Waals surface area contributed by atoms with Gasteiger partial charge in [0.1, 0.15) is 7.11 Å². The van der Waals surface area contributed by atoms with E-state index < -0.39 is 5.97 Å². The Kier molecular flexibility index (Phi) is 4.87. The Hall–Kier alpha value is -2.17. The molecule has 5 heteroatoms. The molecule has 0 spiro atoms. The maximum Gasteiger partial charge on any atom is 0.361 e. The number of hydrogen-bond donors (Lipinski definition) is 0. The van der Waals surface area contributed by atoms with Crippen LogP contribution in [0.25, 0.3) is 0 Å². The highest BCUT2D eigenvalue weighted by Gasteiger charge is 2.19. The highest BCUT2D eigenvalue weighted by molar-refractivity contribution is 6.44. The number of hydrogen-bond acceptors (Lipinski definition) is 5. The molecule has 0 aromatic heterocycles. The summed E-state index contributed by atoms with van der Waals surface area (Å²) >= 11 is 0. The monoisotopic (exact) mass is 235 g/mol. The van der Waals surface area contributed by atoms with Crippen molar-refractivity contribution in [1.82, 2.24) is 0 Å². The van der Waals surface area contributed by atoms with Crippen molar-refractivity contribution in [3.63, 3.8) is 0 Å². The number of rotatable bonds is 5. The van der Waals surface area contributed by atoms with Crippen molar-refractivity contribution in [2.24, 2.45) is 5.16 Å². The molecule has 0 saturated heterocycles. The fourth-order valence-electron chi connectivity index (χ4n) is 1.30. The summed E-state index contributed by atoms with van der Waals surface area (Å²) in [5.74, 6) is -0.622. The first-order chi connectivity index (χ1) is 8.24. The van der Waals surface area contributed by atoms with Gasteiger partial charge in [0.2, 0.25) is 0 Å². The molecule has 0 aliphatic carbocycles. The van der Waals surface area contributed by atoms with Crippen molar-refractivity contribution in [3.8, 4) is 0 Å². The van der Waals surface area contributed by atoms with E-state index >= 15 is 0 Å². The molecule has 1 aromatic rings. The van der Waals surface area contributed by atoms with Gasteiger partial charge in [-0.1, -0.05) is 29.4 Å². The summed E-state index contributed by atoms with van der Waals surface area (Å²) in [6.45, 7) is 1.92. The average Bonchev–Trinajstić information content (AvgIpc) is 2.36. The van der Waals surface area contributed by atoms with Gasteiger partial charge in [-0.15, -0.1) is 0 Å². The van der Waals surface area contributed by atoms with Gasteiger partial charge in [-0.2, -0.15) is 0 Å². The first kappa shape index (κ1) is 12.9. The Bertz CT molecular complexity index is 440. The molecule has 0 bridgehead atoms. The third kappa shape index (κ3) is 3.14. The Morgan fingerprint density at radius 3 is 2.71 bits per heavy atom. The molecule has 0 N–H and O–H groups in total. The van der Waals surface area contributed by atoms with Crippen LogP contribution >= 0.6 is 0 Å². The normalized spacial score (nSPS) is 10.8. The van der Waals surface area contributed by atoms with E-state index in [-0.39, 0.29) is 12.3 Å². The van der Waals surface area contributed by atoms with Gasteiger partial charge in [0.05, 0.1) is 6.61 Å². The molecule has 0 aliphatic rings. The topological polar surface area (TPSA) is 65.0 Å². The molecule has 1 aromatic carbocycles. The lowest BCUT2D eigenvalue weighted by Gasteiger charge is -2.07. The van der Waals surface area contributed by atoms with Crippen molar-refractivity contribution in [3.05, 3.63) is 35.4 Å². The van der Waals surface area contributed by atoms with Crippen molar-refractivity contribution < 1.29 is 19.2 Å². The molecule has 0 aliphatic heterocycles. The molecule has 0 fully saturated rings. The number of benzene rings is 1. The van der Waals surface area contributed by atoms with Crippen molar-refractivity contribution >= 4 is 18.0 Å². The lowest BCUT2D eigenvalue weighted by Crippen LogP contribution is -2.20. The minimum absolute atomic E-state index is 0.0166. The average molecular weight is 235 g/mol. The van der Waals surface area contributed by atoms with E-state index in [0.717, 1.165) is 0 Å². The molecule has 0 atom stereocenters. The second-order valence-corrected chi connectivity index (χ2v) is 3.05. The van der Waals surface area contributed by atoms with Gasteiger partial charge in [0.15, 0.2) is 12.0 Å². The largest absolute Gasteiger partial charge is 0.461 e. The molecule has 0 heterocycles. The van der Waals surface area contributed by atoms with Crippen LogP contribution < -0.4 is 0 Å². The quantitative estimate of drug-likeness (QED) is 0.335. The molecule has 0 saturated carbocycles. The Balaban J connectivity index is 3.19. The first-order valence-electron chi connectivity index (χ1n) is 5.07. The van der Waals surface area contributed by atoms with Gasteiger partial charge in [0, 0.05) is 11.1 Å². The van der Waals surface area contributed by atoms with Crippen LogP contribution in [0, 0.1) is 0 Å². The van der Waals surface area contributed by atoms with Crippen LogP contribution in [0.5, 0.6) is 0 Å². The molecule has 90 valence electrons. The maximum atomic E-state index is 11.7. The zero-order valence-corrected chi connectivity index (χ0v) is 9.67. The maximum absolute atomic E-state index is 11.7. The number of esters is 1. The van der Waals surface area contributed by atoms with Crippen LogP contribution in [-0.4, -0.2) is 31.7 Å². The van der Waals surface area contributed by atoms with E-state index in [1.807, 2.05) is 0 Å². The summed E-state index contributed by atoms with van der Waals surface area (Å²) in [6, 6.07) is 6.60. The second kappa shape index (κ2) is 6.42. The van der Waals surface area contributed by atoms with Crippen LogP contribution in [-0.2, 0) is 14.4 Å². The van der Waals surface area contributed by atoms with Gasteiger partial charge < -0.3 is 9.57 Å². The number of oxime groups is 1. The van der Waals surface area contributed by atoms with Crippen molar-refractivity contribution in [1.29, 1.82) is 0 Å². The van der Waals surface area contributed by atoms with Crippen LogP contribution in [0.2, 0.25) is 0 Å². The van der Waals surface area contributed by atoms with Crippen LogP contribution in [0.4, 0.5) is 0 Å². The summed E-state index contributed by atoms with van der Waals surface area (Å²) in [7, 11) is 1.32. The number of nitrogens with zero attached hydrogens (tertiary/aromatic N) is 1. The summed E-state index contributed by atoms with van der Waals surface area (Å²) in [5.41, 5.74) is 0.733. The smallest absolute Gasteiger partial charge is 0.361 e. The minimum atomic E-state index is -0.622. The SMILES string of the molecule is CCOC(=O)/C(=N\OC)c1ccccc1C=O. The molecule has 17 heavy (non-hydrogen) atoms. The van der Waals surface area contributed by atoms with Gasteiger partial charge >= 0.3 is 5.97 Å². The van der Waals surface area contributed by atoms with Crippen LogP contribution in [0.3, 0.4) is 0 Å². The van der Waals surface area contributed by atoms with Gasteiger partial charge in [-0.05, 0) is 6.92 Å². The van der Waals surface area contributed by atoms with Gasteiger partial charge in [-0.3, -0.25) is 4.79 Å².